The number of pyridine rings is 1. The molecule has 1 aliphatic heterocycles. The van der Waals surface area contributed by atoms with Crippen LogP contribution in [0.3, 0.4) is 0 Å². The van der Waals surface area contributed by atoms with Crippen molar-refractivity contribution in [3.8, 4) is 0 Å². The quantitative estimate of drug-likeness (QED) is 0.654. The van der Waals surface area contributed by atoms with Gasteiger partial charge in [0.15, 0.2) is 5.13 Å². The monoisotopic (exact) mass is 288 g/mol. The van der Waals surface area contributed by atoms with E-state index in [9.17, 15) is 0 Å². The fourth-order valence-electron chi connectivity index (χ4n) is 2.23. The molecular weight excluding hydrogens is 272 g/mol. The second-order valence-corrected chi connectivity index (χ2v) is 5.48. The summed E-state index contributed by atoms with van der Waals surface area (Å²) in [5.74, 6) is 0.992. The number of aromatic nitrogens is 2. The molecule has 6 nitrogen and oxygen atoms in total. The Morgan fingerprint density at radius 2 is 1.90 bits per heavy atom. The average Bonchev–Trinajstić information content (AvgIpc) is 3.02. The summed E-state index contributed by atoms with van der Waals surface area (Å²) in [6.07, 6.45) is 3.50. The van der Waals surface area contributed by atoms with Crippen molar-refractivity contribution in [1.82, 2.24) is 9.97 Å². The van der Waals surface area contributed by atoms with Gasteiger partial charge in [-0.2, -0.15) is 0 Å². The van der Waals surface area contributed by atoms with E-state index in [2.05, 4.69) is 19.8 Å². The minimum absolute atomic E-state index is 0.0534. The van der Waals surface area contributed by atoms with Crippen molar-refractivity contribution in [2.24, 2.45) is 5.73 Å². The first kappa shape index (κ1) is 12.9. The van der Waals surface area contributed by atoms with Crippen molar-refractivity contribution < 1.29 is 0 Å². The third-order valence-corrected chi connectivity index (χ3v) is 4.18. The van der Waals surface area contributed by atoms with Gasteiger partial charge in [0.2, 0.25) is 0 Å². The predicted molar refractivity (Wildman–Crippen MR) is 81.8 cm³/mol. The molecule has 0 aromatic carbocycles. The molecule has 1 fully saturated rings. The lowest BCUT2D eigenvalue weighted by Gasteiger charge is -2.35. The molecule has 1 aliphatic rings. The number of piperazine rings is 1. The summed E-state index contributed by atoms with van der Waals surface area (Å²) in [6, 6.07) is 3.77. The first-order valence-electron chi connectivity index (χ1n) is 6.44. The number of amidine groups is 1. The molecule has 0 radical (unpaired) electrons. The largest absolute Gasteiger partial charge is 0.384 e. The van der Waals surface area contributed by atoms with Crippen molar-refractivity contribution in [3.63, 3.8) is 0 Å². The van der Waals surface area contributed by atoms with Gasteiger partial charge < -0.3 is 15.5 Å². The third-order valence-electron chi connectivity index (χ3n) is 3.35. The smallest absolute Gasteiger partial charge is 0.185 e. The van der Waals surface area contributed by atoms with E-state index in [0.29, 0.717) is 5.56 Å². The number of nitrogen functional groups attached to an aromatic ring is 1. The highest BCUT2D eigenvalue weighted by Crippen LogP contribution is 2.21. The summed E-state index contributed by atoms with van der Waals surface area (Å²) in [7, 11) is 0. The molecule has 20 heavy (non-hydrogen) atoms. The van der Waals surface area contributed by atoms with Crippen LogP contribution in [0.4, 0.5) is 10.9 Å². The van der Waals surface area contributed by atoms with Gasteiger partial charge in [0.1, 0.15) is 11.7 Å². The Labute approximate surface area is 121 Å². The second-order valence-electron chi connectivity index (χ2n) is 4.61. The number of anilines is 2. The molecule has 104 valence electrons. The summed E-state index contributed by atoms with van der Waals surface area (Å²) >= 11 is 1.67. The van der Waals surface area contributed by atoms with E-state index in [-0.39, 0.29) is 5.84 Å². The van der Waals surface area contributed by atoms with Gasteiger partial charge in [-0.25, -0.2) is 9.97 Å². The SMILES string of the molecule is N=C(N)c1ccc(N2CCN(c3nccs3)CC2)nc1. The van der Waals surface area contributed by atoms with Gasteiger partial charge in [0.05, 0.1) is 0 Å². The van der Waals surface area contributed by atoms with Gasteiger partial charge in [-0.15, -0.1) is 11.3 Å². The van der Waals surface area contributed by atoms with Crippen LogP contribution in [-0.4, -0.2) is 42.0 Å². The molecule has 3 N–H and O–H groups in total. The van der Waals surface area contributed by atoms with Crippen LogP contribution in [0.25, 0.3) is 0 Å². The van der Waals surface area contributed by atoms with Crippen LogP contribution >= 0.6 is 11.3 Å². The van der Waals surface area contributed by atoms with Crippen molar-refractivity contribution in [3.05, 3.63) is 35.5 Å². The Morgan fingerprint density at radius 3 is 2.45 bits per heavy atom. The van der Waals surface area contributed by atoms with Crippen molar-refractivity contribution in [2.75, 3.05) is 36.0 Å². The lowest BCUT2D eigenvalue weighted by Crippen LogP contribution is -2.46. The van der Waals surface area contributed by atoms with Crippen LogP contribution in [0.15, 0.2) is 29.9 Å². The molecule has 2 aromatic rings. The van der Waals surface area contributed by atoms with Gasteiger partial charge in [-0.3, -0.25) is 5.41 Å². The normalized spacial score (nSPS) is 15.4. The number of nitrogens with one attached hydrogen (secondary N) is 1. The zero-order valence-electron chi connectivity index (χ0n) is 11.0. The number of hydrogen-bond acceptors (Lipinski definition) is 6. The van der Waals surface area contributed by atoms with Gasteiger partial charge in [0.25, 0.3) is 0 Å². The summed E-state index contributed by atoms with van der Waals surface area (Å²) in [4.78, 5) is 13.3. The molecule has 0 spiro atoms. The topological polar surface area (TPSA) is 82.1 Å². The van der Waals surface area contributed by atoms with E-state index >= 15 is 0 Å². The van der Waals surface area contributed by atoms with Crippen LogP contribution in [0.1, 0.15) is 5.56 Å². The fraction of sp³-hybridized carbons (Fsp3) is 0.308. The minimum atomic E-state index is 0.0534. The second kappa shape index (κ2) is 5.46. The maximum absolute atomic E-state index is 7.37. The van der Waals surface area contributed by atoms with Crippen LogP contribution in [0, 0.1) is 5.41 Å². The Morgan fingerprint density at radius 1 is 1.15 bits per heavy atom. The van der Waals surface area contributed by atoms with Crippen molar-refractivity contribution in [2.45, 2.75) is 0 Å². The molecule has 2 aromatic heterocycles. The summed E-state index contributed by atoms with van der Waals surface area (Å²) in [6.45, 7) is 3.74. The number of hydrogen-bond donors (Lipinski definition) is 2. The number of nitrogens with zero attached hydrogens (tertiary/aromatic N) is 4. The van der Waals surface area contributed by atoms with Crippen LogP contribution < -0.4 is 15.5 Å². The van der Waals surface area contributed by atoms with E-state index in [1.807, 2.05) is 23.7 Å². The first-order valence-corrected chi connectivity index (χ1v) is 7.32. The molecule has 1 saturated heterocycles. The Bertz CT molecular complexity index is 571. The minimum Gasteiger partial charge on any atom is -0.384 e. The first-order chi connectivity index (χ1) is 9.74. The maximum Gasteiger partial charge on any atom is 0.185 e. The standard InChI is InChI=1S/C13H16N6S/c14-12(15)10-1-2-11(17-9-10)18-4-6-19(7-5-18)13-16-3-8-20-13/h1-3,8-9H,4-7H2,(H3,14,15). The van der Waals surface area contributed by atoms with E-state index in [1.54, 1.807) is 17.5 Å². The average molecular weight is 288 g/mol. The Hall–Kier alpha value is -2.15. The Kier molecular flexibility index (Phi) is 3.51. The molecular formula is C13H16N6S. The number of thiazole rings is 1. The molecule has 0 amide bonds. The summed E-state index contributed by atoms with van der Waals surface area (Å²) in [5.41, 5.74) is 6.09. The molecule has 7 heteroatoms. The molecule has 0 aliphatic carbocycles. The summed E-state index contributed by atoms with van der Waals surface area (Å²) < 4.78 is 0. The summed E-state index contributed by atoms with van der Waals surface area (Å²) in [5, 5.41) is 10.5. The Balaban J connectivity index is 1.64. The fourth-order valence-corrected chi connectivity index (χ4v) is 2.93. The van der Waals surface area contributed by atoms with E-state index < -0.39 is 0 Å². The van der Waals surface area contributed by atoms with E-state index in [1.165, 1.54) is 0 Å². The van der Waals surface area contributed by atoms with Gasteiger partial charge >= 0.3 is 0 Å². The van der Waals surface area contributed by atoms with Crippen LogP contribution in [-0.2, 0) is 0 Å². The lowest BCUT2D eigenvalue weighted by molar-refractivity contribution is 0.646. The number of rotatable bonds is 3. The van der Waals surface area contributed by atoms with Crippen LogP contribution in [0.2, 0.25) is 0 Å². The lowest BCUT2D eigenvalue weighted by atomic mass is 10.2. The molecule has 0 saturated carbocycles. The van der Waals surface area contributed by atoms with E-state index in [4.69, 9.17) is 11.1 Å². The van der Waals surface area contributed by atoms with Crippen LogP contribution in [0.5, 0.6) is 0 Å². The van der Waals surface area contributed by atoms with Crippen molar-refractivity contribution in [1.29, 1.82) is 5.41 Å². The number of nitrogens with two attached hydrogens (primary N) is 1. The molecule has 3 rings (SSSR count). The highest BCUT2D eigenvalue weighted by Gasteiger charge is 2.19. The maximum atomic E-state index is 7.37. The van der Waals surface area contributed by atoms with Gasteiger partial charge in [0, 0.05) is 49.5 Å². The highest BCUT2D eigenvalue weighted by molar-refractivity contribution is 7.13. The highest BCUT2D eigenvalue weighted by atomic mass is 32.1. The predicted octanol–water partition coefficient (Wildman–Crippen LogP) is 1.15. The zero-order chi connectivity index (χ0) is 13.9. The zero-order valence-corrected chi connectivity index (χ0v) is 11.8. The molecule has 0 unspecified atom stereocenters. The molecule has 0 bridgehead atoms. The van der Waals surface area contributed by atoms with Gasteiger partial charge in [-0.1, -0.05) is 0 Å². The molecule has 3 heterocycles. The van der Waals surface area contributed by atoms with Gasteiger partial charge in [-0.05, 0) is 12.1 Å². The van der Waals surface area contributed by atoms with E-state index in [0.717, 1.165) is 37.1 Å². The third kappa shape index (κ3) is 2.57. The van der Waals surface area contributed by atoms with Crippen molar-refractivity contribution >= 4 is 28.1 Å². The molecule has 0 atom stereocenters.